The van der Waals surface area contributed by atoms with Gasteiger partial charge in [0.25, 0.3) is 0 Å². The van der Waals surface area contributed by atoms with Crippen LogP contribution in [0.1, 0.15) is 29.2 Å². The zero-order chi connectivity index (χ0) is 16.2. The standard InChI is InChI=1S/C18H21BrN2OS.ClH/c19-17-10-9-14(23-17)7-4-8-18(22)21-11-15(16(20)12-21)13-5-2-1-3-6-13;/h1-3,5-6,9-10,15-16H,4,7-8,11-12,20H2;1H/t15-,16+;/m0./s1. The second-order valence-electron chi connectivity index (χ2n) is 6.04. The first-order chi connectivity index (χ1) is 11.1. The SMILES string of the molecule is Cl.N[C@@H]1CN(C(=O)CCCc2ccc(Br)s2)C[C@H]1c1ccccc1. The Kier molecular flexibility index (Phi) is 7.29. The fourth-order valence-corrected chi connectivity index (χ4v) is 4.67. The molecule has 1 aromatic carbocycles. The van der Waals surface area contributed by atoms with Crippen LogP contribution < -0.4 is 5.73 Å². The third kappa shape index (κ3) is 4.82. The second-order valence-corrected chi connectivity index (χ2v) is 8.59. The van der Waals surface area contributed by atoms with Crippen molar-refractivity contribution in [1.29, 1.82) is 0 Å². The Hall–Kier alpha value is -0.880. The van der Waals surface area contributed by atoms with Gasteiger partial charge in [0.1, 0.15) is 0 Å². The molecule has 1 aliphatic heterocycles. The van der Waals surface area contributed by atoms with Crippen molar-refractivity contribution in [2.75, 3.05) is 13.1 Å². The van der Waals surface area contributed by atoms with E-state index in [4.69, 9.17) is 5.73 Å². The molecule has 0 spiro atoms. The smallest absolute Gasteiger partial charge is 0.222 e. The van der Waals surface area contributed by atoms with Gasteiger partial charge in [-0.25, -0.2) is 0 Å². The predicted octanol–water partition coefficient (Wildman–Crippen LogP) is 4.21. The first-order valence-corrected chi connectivity index (χ1v) is 9.57. The van der Waals surface area contributed by atoms with E-state index in [1.165, 1.54) is 10.4 Å². The van der Waals surface area contributed by atoms with E-state index in [9.17, 15) is 4.79 Å². The molecule has 1 saturated heterocycles. The van der Waals surface area contributed by atoms with Crippen molar-refractivity contribution < 1.29 is 4.79 Å². The maximum absolute atomic E-state index is 12.4. The van der Waals surface area contributed by atoms with Gasteiger partial charge >= 0.3 is 0 Å². The average molecular weight is 430 g/mol. The van der Waals surface area contributed by atoms with Crippen molar-refractivity contribution in [2.24, 2.45) is 5.73 Å². The number of benzene rings is 1. The summed E-state index contributed by atoms with van der Waals surface area (Å²) in [6.07, 6.45) is 2.46. The van der Waals surface area contributed by atoms with Gasteiger partial charge in [-0.3, -0.25) is 4.79 Å². The fourth-order valence-electron chi connectivity index (χ4n) is 3.14. The lowest BCUT2D eigenvalue weighted by Gasteiger charge is -2.16. The zero-order valence-corrected chi connectivity index (χ0v) is 16.6. The lowest BCUT2D eigenvalue weighted by molar-refractivity contribution is -0.130. The van der Waals surface area contributed by atoms with E-state index in [1.54, 1.807) is 11.3 Å². The number of hydrogen-bond donors (Lipinski definition) is 1. The number of carbonyl (C=O) groups excluding carboxylic acids is 1. The largest absolute Gasteiger partial charge is 0.340 e. The molecule has 24 heavy (non-hydrogen) atoms. The molecule has 0 radical (unpaired) electrons. The van der Waals surface area contributed by atoms with Crippen LogP contribution in [0.15, 0.2) is 46.3 Å². The van der Waals surface area contributed by atoms with Crippen LogP contribution in [0.25, 0.3) is 0 Å². The van der Waals surface area contributed by atoms with E-state index in [0.29, 0.717) is 13.0 Å². The summed E-state index contributed by atoms with van der Waals surface area (Å²) in [7, 11) is 0. The number of aryl methyl sites for hydroxylation is 1. The minimum Gasteiger partial charge on any atom is -0.340 e. The summed E-state index contributed by atoms with van der Waals surface area (Å²) in [6, 6.07) is 14.5. The number of nitrogens with two attached hydrogens (primary N) is 1. The molecule has 2 aromatic rings. The Labute approximate surface area is 161 Å². The highest BCUT2D eigenvalue weighted by atomic mass is 79.9. The van der Waals surface area contributed by atoms with E-state index < -0.39 is 0 Å². The molecule has 1 aromatic heterocycles. The van der Waals surface area contributed by atoms with Crippen molar-refractivity contribution >= 4 is 45.6 Å². The molecule has 0 bridgehead atoms. The van der Waals surface area contributed by atoms with Crippen LogP contribution in [-0.4, -0.2) is 29.9 Å². The van der Waals surface area contributed by atoms with E-state index in [0.717, 1.165) is 23.2 Å². The third-order valence-electron chi connectivity index (χ3n) is 4.39. The number of amides is 1. The minimum atomic E-state index is 0. The predicted molar refractivity (Wildman–Crippen MR) is 106 cm³/mol. The maximum atomic E-state index is 12.4. The number of thiophene rings is 1. The highest BCUT2D eigenvalue weighted by molar-refractivity contribution is 9.11. The molecule has 1 aliphatic rings. The van der Waals surface area contributed by atoms with Crippen LogP contribution in [0.3, 0.4) is 0 Å². The molecule has 6 heteroatoms. The summed E-state index contributed by atoms with van der Waals surface area (Å²) < 4.78 is 1.15. The Morgan fingerprint density at radius 1 is 1.21 bits per heavy atom. The molecular weight excluding hydrogens is 408 g/mol. The molecule has 1 fully saturated rings. The van der Waals surface area contributed by atoms with Crippen LogP contribution in [0, 0.1) is 0 Å². The van der Waals surface area contributed by atoms with Crippen molar-refractivity contribution in [1.82, 2.24) is 4.90 Å². The number of hydrogen-bond acceptors (Lipinski definition) is 3. The fraction of sp³-hybridized carbons (Fsp3) is 0.389. The maximum Gasteiger partial charge on any atom is 0.222 e. The van der Waals surface area contributed by atoms with Crippen LogP contribution >= 0.6 is 39.7 Å². The third-order valence-corrected chi connectivity index (χ3v) is 6.07. The van der Waals surface area contributed by atoms with Crippen LogP contribution in [0.5, 0.6) is 0 Å². The van der Waals surface area contributed by atoms with E-state index in [1.807, 2.05) is 23.1 Å². The highest BCUT2D eigenvalue weighted by Crippen LogP contribution is 2.27. The number of likely N-dealkylation sites (tertiary alicyclic amines) is 1. The number of nitrogens with zero attached hydrogens (tertiary/aromatic N) is 1. The summed E-state index contributed by atoms with van der Waals surface area (Å²) in [4.78, 5) is 15.7. The molecule has 2 N–H and O–H groups in total. The van der Waals surface area contributed by atoms with E-state index >= 15 is 0 Å². The molecule has 0 saturated carbocycles. The topological polar surface area (TPSA) is 46.3 Å². The minimum absolute atomic E-state index is 0. The Morgan fingerprint density at radius 3 is 2.62 bits per heavy atom. The Bertz CT molecular complexity index is 664. The van der Waals surface area contributed by atoms with Gasteiger partial charge in [0.05, 0.1) is 3.79 Å². The van der Waals surface area contributed by atoms with Crippen LogP contribution in [0.4, 0.5) is 0 Å². The first kappa shape index (κ1) is 19.4. The summed E-state index contributed by atoms with van der Waals surface area (Å²) in [5.74, 6) is 0.489. The zero-order valence-electron chi connectivity index (χ0n) is 13.4. The van der Waals surface area contributed by atoms with E-state index in [2.05, 4.69) is 40.2 Å². The lowest BCUT2D eigenvalue weighted by Crippen LogP contribution is -2.32. The normalized spacial score (nSPS) is 20.0. The van der Waals surface area contributed by atoms with Gasteiger partial charge in [-0.1, -0.05) is 30.3 Å². The number of halogens is 2. The highest BCUT2D eigenvalue weighted by Gasteiger charge is 2.33. The van der Waals surface area contributed by atoms with Crippen molar-refractivity contribution in [2.45, 2.75) is 31.2 Å². The van der Waals surface area contributed by atoms with Crippen molar-refractivity contribution in [3.63, 3.8) is 0 Å². The molecule has 2 atom stereocenters. The second kappa shape index (κ2) is 8.99. The first-order valence-electron chi connectivity index (χ1n) is 7.96. The number of rotatable bonds is 5. The monoisotopic (exact) mass is 428 g/mol. The van der Waals surface area contributed by atoms with Gasteiger partial charge in [-0.05, 0) is 46.5 Å². The quantitative estimate of drug-likeness (QED) is 0.774. The molecule has 2 heterocycles. The number of carbonyl (C=O) groups is 1. The van der Waals surface area contributed by atoms with Gasteiger partial charge in [-0.2, -0.15) is 0 Å². The lowest BCUT2D eigenvalue weighted by atomic mass is 9.95. The summed E-state index contributed by atoms with van der Waals surface area (Å²) in [5, 5.41) is 0. The summed E-state index contributed by atoms with van der Waals surface area (Å²) >= 11 is 5.21. The van der Waals surface area contributed by atoms with Crippen LogP contribution in [-0.2, 0) is 11.2 Å². The van der Waals surface area contributed by atoms with Crippen LogP contribution in [0.2, 0.25) is 0 Å². The van der Waals surface area contributed by atoms with Gasteiger partial charge in [0.2, 0.25) is 5.91 Å². The van der Waals surface area contributed by atoms with Gasteiger partial charge in [0.15, 0.2) is 0 Å². The molecule has 0 unspecified atom stereocenters. The molecule has 130 valence electrons. The summed E-state index contributed by atoms with van der Waals surface area (Å²) in [6.45, 7) is 1.41. The van der Waals surface area contributed by atoms with Gasteiger partial charge < -0.3 is 10.6 Å². The molecule has 1 amide bonds. The Balaban J connectivity index is 0.00000208. The molecule has 0 aliphatic carbocycles. The van der Waals surface area contributed by atoms with Crippen molar-refractivity contribution in [3.05, 3.63) is 56.7 Å². The molecule has 3 nitrogen and oxygen atoms in total. The average Bonchev–Trinajstić information content (AvgIpc) is 3.14. The molecular formula is C18H22BrClN2OS. The summed E-state index contributed by atoms with van der Waals surface area (Å²) in [5.41, 5.74) is 7.50. The van der Waals surface area contributed by atoms with E-state index in [-0.39, 0.29) is 30.3 Å². The van der Waals surface area contributed by atoms with Gasteiger partial charge in [0, 0.05) is 36.3 Å². The van der Waals surface area contributed by atoms with Crippen molar-refractivity contribution in [3.8, 4) is 0 Å². The Morgan fingerprint density at radius 2 is 1.96 bits per heavy atom. The molecule has 3 rings (SSSR count). The van der Waals surface area contributed by atoms with Gasteiger partial charge in [-0.15, -0.1) is 23.7 Å².